The summed E-state index contributed by atoms with van der Waals surface area (Å²) in [6, 6.07) is 8.34. The molecular formula is C18H26N2O3. The van der Waals surface area contributed by atoms with Crippen LogP contribution in [-0.4, -0.2) is 47.6 Å². The molecule has 1 unspecified atom stereocenters. The van der Waals surface area contributed by atoms with Crippen LogP contribution in [0.25, 0.3) is 0 Å². The summed E-state index contributed by atoms with van der Waals surface area (Å²) in [7, 11) is 0. The number of carboxylic acid groups (broad SMARTS) is 1. The molecule has 2 N–H and O–H groups in total. The van der Waals surface area contributed by atoms with E-state index >= 15 is 0 Å². The van der Waals surface area contributed by atoms with Crippen molar-refractivity contribution in [3.05, 3.63) is 35.4 Å². The zero-order valence-corrected chi connectivity index (χ0v) is 13.9. The zero-order chi connectivity index (χ0) is 16.8. The Bertz CT molecular complexity index is 534. The molecule has 1 heterocycles. The zero-order valence-electron chi connectivity index (χ0n) is 13.9. The molecule has 5 heteroatoms. The number of aliphatic carboxylic acids is 1. The Morgan fingerprint density at radius 2 is 1.87 bits per heavy atom. The van der Waals surface area contributed by atoms with Crippen LogP contribution < -0.4 is 5.32 Å². The molecule has 2 rings (SSSR count). The summed E-state index contributed by atoms with van der Waals surface area (Å²) in [6.45, 7) is 5.56. The maximum atomic E-state index is 12.4. The van der Waals surface area contributed by atoms with Crippen molar-refractivity contribution in [3.8, 4) is 0 Å². The number of benzene rings is 1. The van der Waals surface area contributed by atoms with E-state index in [-0.39, 0.29) is 24.4 Å². The molecule has 0 saturated carbocycles. The van der Waals surface area contributed by atoms with Crippen LogP contribution in [0, 0.1) is 0 Å². The molecule has 23 heavy (non-hydrogen) atoms. The fourth-order valence-corrected chi connectivity index (χ4v) is 2.95. The van der Waals surface area contributed by atoms with Crippen molar-refractivity contribution < 1.29 is 14.7 Å². The van der Waals surface area contributed by atoms with Crippen LogP contribution in [0.15, 0.2) is 24.3 Å². The maximum Gasteiger partial charge on any atom is 0.317 e. The van der Waals surface area contributed by atoms with Gasteiger partial charge in [-0.25, -0.2) is 0 Å². The first-order valence-corrected chi connectivity index (χ1v) is 8.33. The molecule has 0 spiro atoms. The molecule has 5 nitrogen and oxygen atoms in total. The average Bonchev–Trinajstić information content (AvgIpc) is 2.55. The van der Waals surface area contributed by atoms with Gasteiger partial charge in [-0.15, -0.1) is 0 Å². The van der Waals surface area contributed by atoms with Gasteiger partial charge in [-0.3, -0.25) is 14.5 Å². The Morgan fingerprint density at radius 1 is 1.26 bits per heavy atom. The molecule has 1 saturated heterocycles. The van der Waals surface area contributed by atoms with Crippen LogP contribution in [0.2, 0.25) is 0 Å². The van der Waals surface area contributed by atoms with E-state index in [0.29, 0.717) is 0 Å². The molecule has 0 aliphatic carbocycles. The van der Waals surface area contributed by atoms with Crippen LogP contribution in [0.3, 0.4) is 0 Å². The monoisotopic (exact) mass is 318 g/mol. The number of piperidine rings is 1. The van der Waals surface area contributed by atoms with E-state index in [9.17, 15) is 9.59 Å². The highest BCUT2D eigenvalue weighted by Gasteiger charge is 2.24. The Kier molecular flexibility index (Phi) is 6.16. The quantitative estimate of drug-likeness (QED) is 0.842. The number of nitrogens with zero attached hydrogens (tertiary/aromatic N) is 1. The molecule has 0 bridgehead atoms. The molecule has 126 valence electrons. The van der Waals surface area contributed by atoms with Crippen molar-refractivity contribution in [2.24, 2.45) is 0 Å². The number of carbonyl (C=O) groups is 2. The van der Waals surface area contributed by atoms with Crippen LogP contribution in [0.4, 0.5) is 0 Å². The fourth-order valence-electron chi connectivity index (χ4n) is 2.95. The van der Waals surface area contributed by atoms with Crippen LogP contribution >= 0.6 is 0 Å². The first kappa shape index (κ1) is 17.5. The van der Waals surface area contributed by atoms with E-state index in [1.54, 1.807) is 0 Å². The number of likely N-dealkylation sites (tertiary alicyclic amines) is 1. The van der Waals surface area contributed by atoms with Gasteiger partial charge in [-0.05, 0) is 37.3 Å². The number of hydrogen-bond acceptors (Lipinski definition) is 3. The van der Waals surface area contributed by atoms with Crippen molar-refractivity contribution in [1.29, 1.82) is 0 Å². The Morgan fingerprint density at radius 3 is 2.39 bits per heavy atom. The van der Waals surface area contributed by atoms with Crippen LogP contribution in [0.5, 0.6) is 0 Å². The Labute approximate surface area is 137 Å². The lowest BCUT2D eigenvalue weighted by atomic mass is 9.97. The van der Waals surface area contributed by atoms with Crippen molar-refractivity contribution in [2.75, 3.05) is 19.6 Å². The van der Waals surface area contributed by atoms with Gasteiger partial charge in [-0.1, -0.05) is 31.2 Å². The van der Waals surface area contributed by atoms with Gasteiger partial charge in [-0.2, -0.15) is 0 Å². The number of aryl methyl sites for hydroxylation is 1. The second kappa shape index (κ2) is 8.11. The predicted molar refractivity (Wildman–Crippen MR) is 89.5 cm³/mol. The third-order valence-corrected chi connectivity index (χ3v) is 4.57. The molecule has 1 aliphatic rings. The van der Waals surface area contributed by atoms with Gasteiger partial charge in [0.1, 0.15) is 0 Å². The van der Waals surface area contributed by atoms with Gasteiger partial charge < -0.3 is 10.4 Å². The number of carboxylic acids is 1. The minimum atomic E-state index is -0.795. The third kappa shape index (κ3) is 5.06. The van der Waals surface area contributed by atoms with Gasteiger partial charge in [0.05, 0.1) is 12.5 Å². The highest BCUT2D eigenvalue weighted by molar-refractivity contribution is 5.83. The standard InChI is InChI=1S/C18H26N2O3/c1-3-14-4-6-15(7-5-14)13(2)18(23)19-16-8-10-20(11-9-16)12-17(21)22/h4-7,13,16H,3,8-12H2,1-2H3,(H,19,23)(H,21,22). The average molecular weight is 318 g/mol. The topological polar surface area (TPSA) is 69.6 Å². The largest absolute Gasteiger partial charge is 0.480 e. The first-order valence-electron chi connectivity index (χ1n) is 8.33. The lowest BCUT2D eigenvalue weighted by molar-refractivity contribution is -0.138. The van der Waals surface area contributed by atoms with Gasteiger partial charge >= 0.3 is 5.97 Å². The molecule has 0 radical (unpaired) electrons. The van der Waals surface area contributed by atoms with Crippen molar-refractivity contribution in [1.82, 2.24) is 10.2 Å². The number of rotatable bonds is 6. The molecule has 1 amide bonds. The van der Waals surface area contributed by atoms with E-state index in [1.807, 2.05) is 24.0 Å². The van der Waals surface area contributed by atoms with E-state index in [1.165, 1.54) is 5.56 Å². The van der Waals surface area contributed by atoms with Gasteiger partial charge in [0.15, 0.2) is 0 Å². The van der Waals surface area contributed by atoms with E-state index in [4.69, 9.17) is 5.11 Å². The lowest BCUT2D eigenvalue weighted by Gasteiger charge is -2.31. The molecule has 1 atom stereocenters. The minimum Gasteiger partial charge on any atom is -0.480 e. The van der Waals surface area contributed by atoms with Crippen LogP contribution in [0.1, 0.15) is 43.7 Å². The second-order valence-electron chi connectivity index (χ2n) is 6.27. The molecule has 1 aliphatic heterocycles. The van der Waals surface area contributed by atoms with Crippen molar-refractivity contribution in [2.45, 2.75) is 45.1 Å². The molecular weight excluding hydrogens is 292 g/mol. The molecule has 0 aromatic heterocycles. The number of amides is 1. The number of hydrogen-bond donors (Lipinski definition) is 2. The summed E-state index contributed by atoms with van der Waals surface area (Å²) in [5.41, 5.74) is 2.30. The van der Waals surface area contributed by atoms with E-state index in [2.05, 4.69) is 24.4 Å². The Balaban J connectivity index is 1.83. The highest BCUT2D eigenvalue weighted by Crippen LogP contribution is 2.18. The van der Waals surface area contributed by atoms with Crippen LogP contribution in [-0.2, 0) is 16.0 Å². The lowest BCUT2D eigenvalue weighted by Crippen LogP contribution is -2.46. The van der Waals surface area contributed by atoms with Gasteiger partial charge in [0.25, 0.3) is 0 Å². The predicted octanol–water partition coefficient (Wildman–Crippen LogP) is 2.02. The summed E-state index contributed by atoms with van der Waals surface area (Å²) in [5, 5.41) is 11.9. The fraction of sp³-hybridized carbons (Fsp3) is 0.556. The number of nitrogens with one attached hydrogen (secondary N) is 1. The van der Waals surface area contributed by atoms with Gasteiger partial charge in [0, 0.05) is 19.1 Å². The van der Waals surface area contributed by atoms with Crippen molar-refractivity contribution >= 4 is 11.9 Å². The summed E-state index contributed by atoms with van der Waals surface area (Å²) in [5.74, 6) is -0.916. The first-order chi connectivity index (χ1) is 11.0. The molecule has 1 aromatic rings. The number of carbonyl (C=O) groups excluding carboxylic acids is 1. The summed E-state index contributed by atoms with van der Waals surface area (Å²) < 4.78 is 0. The summed E-state index contributed by atoms with van der Waals surface area (Å²) in [4.78, 5) is 25.0. The third-order valence-electron chi connectivity index (χ3n) is 4.57. The van der Waals surface area contributed by atoms with Crippen molar-refractivity contribution in [3.63, 3.8) is 0 Å². The summed E-state index contributed by atoms with van der Waals surface area (Å²) in [6.07, 6.45) is 2.61. The highest BCUT2D eigenvalue weighted by atomic mass is 16.4. The minimum absolute atomic E-state index is 0.0472. The van der Waals surface area contributed by atoms with E-state index in [0.717, 1.165) is 37.9 Å². The molecule has 1 aromatic carbocycles. The Hall–Kier alpha value is -1.88. The van der Waals surface area contributed by atoms with Gasteiger partial charge in [0.2, 0.25) is 5.91 Å². The summed E-state index contributed by atoms with van der Waals surface area (Å²) >= 11 is 0. The second-order valence-corrected chi connectivity index (χ2v) is 6.27. The maximum absolute atomic E-state index is 12.4. The molecule has 1 fully saturated rings. The smallest absolute Gasteiger partial charge is 0.317 e. The SMILES string of the molecule is CCc1ccc(C(C)C(=O)NC2CCN(CC(=O)O)CC2)cc1. The van der Waals surface area contributed by atoms with E-state index < -0.39 is 5.97 Å². The normalized spacial score (nSPS) is 17.7.